The van der Waals surface area contributed by atoms with E-state index in [0.717, 1.165) is 4.47 Å². The van der Waals surface area contributed by atoms with E-state index in [-0.39, 0.29) is 5.91 Å². The van der Waals surface area contributed by atoms with Crippen molar-refractivity contribution in [1.82, 2.24) is 0 Å². The van der Waals surface area contributed by atoms with E-state index in [1.807, 2.05) is 6.07 Å². The number of methoxy groups -OCH3 is 1. The number of nitrogens with one attached hydrogen (secondary N) is 1. The molecule has 0 fully saturated rings. The van der Waals surface area contributed by atoms with Gasteiger partial charge in [0.2, 0.25) is 5.91 Å². The first kappa shape index (κ1) is 13.5. The SMILES string of the molecule is CCC(C#N)C(=O)Nc1cc(OC)ccc1Br. The molecule has 1 amide bonds. The van der Waals surface area contributed by atoms with Crippen molar-refractivity contribution in [3.05, 3.63) is 22.7 Å². The molecule has 0 saturated carbocycles. The quantitative estimate of drug-likeness (QED) is 0.929. The molecule has 0 aromatic heterocycles. The molecule has 0 bridgehead atoms. The molecule has 0 radical (unpaired) electrons. The lowest BCUT2D eigenvalue weighted by Crippen LogP contribution is -2.21. The minimum absolute atomic E-state index is 0.302. The topological polar surface area (TPSA) is 62.1 Å². The standard InChI is InChI=1S/C12H13BrN2O2/c1-3-8(7-14)12(16)15-11-6-9(17-2)4-5-10(11)13/h4-6,8H,3H2,1-2H3,(H,15,16). The van der Waals surface area contributed by atoms with Crippen molar-refractivity contribution in [1.29, 1.82) is 5.26 Å². The Kier molecular flexibility index (Phi) is 4.98. The highest BCUT2D eigenvalue weighted by Gasteiger charge is 2.16. The van der Waals surface area contributed by atoms with Crippen molar-refractivity contribution in [2.24, 2.45) is 5.92 Å². The van der Waals surface area contributed by atoms with E-state index < -0.39 is 5.92 Å². The van der Waals surface area contributed by atoms with Gasteiger partial charge in [0, 0.05) is 10.5 Å². The zero-order chi connectivity index (χ0) is 12.8. The van der Waals surface area contributed by atoms with Gasteiger partial charge in [-0.05, 0) is 34.5 Å². The molecule has 1 unspecified atom stereocenters. The van der Waals surface area contributed by atoms with Crippen LogP contribution in [0.4, 0.5) is 5.69 Å². The number of hydrogen-bond donors (Lipinski definition) is 1. The number of carbonyl (C=O) groups is 1. The summed E-state index contributed by atoms with van der Waals surface area (Å²) in [7, 11) is 1.55. The van der Waals surface area contributed by atoms with E-state index in [1.54, 1.807) is 32.2 Å². The summed E-state index contributed by atoms with van der Waals surface area (Å²) >= 11 is 3.33. The van der Waals surface area contributed by atoms with E-state index in [1.165, 1.54) is 0 Å². The van der Waals surface area contributed by atoms with Gasteiger partial charge in [0.05, 0.1) is 18.9 Å². The number of rotatable bonds is 4. The highest BCUT2D eigenvalue weighted by Crippen LogP contribution is 2.27. The second-order valence-electron chi connectivity index (χ2n) is 3.42. The molecule has 0 heterocycles. The van der Waals surface area contributed by atoms with Crippen LogP contribution in [0.2, 0.25) is 0 Å². The molecule has 0 aliphatic heterocycles. The van der Waals surface area contributed by atoms with Gasteiger partial charge in [0.25, 0.3) is 0 Å². The fourth-order valence-electron chi connectivity index (χ4n) is 1.28. The number of nitriles is 1. The average molecular weight is 297 g/mol. The smallest absolute Gasteiger partial charge is 0.241 e. The fraction of sp³-hybridized carbons (Fsp3) is 0.333. The first-order chi connectivity index (χ1) is 8.12. The molecular formula is C12H13BrN2O2. The number of nitrogens with zero attached hydrogens (tertiary/aromatic N) is 1. The molecule has 1 rings (SSSR count). The van der Waals surface area contributed by atoms with Crippen molar-refractivity contribution in [3.63, 3.8) is 0 Å². The van der Waals surface area contributed by atoms with E-state index in [4.69, 9.17) is 10.00 Å². The Morgan fingerprint density at radius 2 is 2.35 bits per heavy atom. The van der Waals surface area contributed by atoms with Gasteiger partial charge in [-0.2, -0.15) is 5.26 Å². The summed E-state index contributed by atoms with van der Waals surface area (Å²) in [5, 5.41) is 11.5. The van der Waals surface area contributed by atoms with Crippen LogP contribution in [0.1, 0.15) is 13.3 Å². The minimum atomic E-state index is -0.631. The normalized spacial score (nSPS) is 11.4. The molecule has 17 heavy (non-hydrogen) atoms. The molecule has 1 N–H and O–H groups in total. The summed E-state index contributed by atoms with van der Waals surface area (Å²) in [4.78, 5) is 11.7. The third-order valence-corrected chi connectivity index (χ3v) is 3.00. The monoisotopic (exact) mass is 296 g/mol. The van der Waals surface area contributed by atoms with E-state index in [2.05, 4.69) is 21.2 Å². The van der Waals surface area contributed by atoms with Crippen LogP contribution in [0.25, 0.3) is 0 Å². The Labute approximate surface area is 109 Å². The lowest BCUT2D eigenvalue weighted by atomic mass is 10.1. The second kappa shape index (κ2) is 6.26. The predicted octanol–water partition coefficient (Wildman–Crippen LogP) is 2.95. The molecule has 0 spiro atoms. The minimum Gasteiger partial charge on any atom is -0.497 e. The van der Waals surface area contributed by atoms with Crippen molar-refractivity contribution in [2.75, 3.05) is 12.4 Å². The lowest BCUT2D eigenvalue weighted by molar-refractivity contribution is -0.118. The first-order valence-corrected chi connectivity index (χ1v) is 5.95. The summed E-state index contributed by atoms with van der Waals surface area (Å²) in [6.45, 7) is 1.80. The van der Waals surface area contributed by atoms with Crippen molar-refractivity contribution < 1.29 is 9.53 Å². The number of hydrogen-bond acceptors (Lipinski definition) is 3. The fourth-order valence-corrected chi connectivity index (χ4v) is 1.63. The van der Waals surface area contributed by atoms with Gasteiger partial charge in [-0.25, -0.2) is 0 Å². The molecule has 4 nitrogen and oxygen atoms in total. The Morgan fingerprint density at radius 1 is 1.65 bits per heavy atom. The van der Waals surface area contributed by atoms with Crippen molar-refractivity contribution in [3.8, 4) is 11.8 Å². The Morgan fingerprint density at radius 3 is 2.88 bits per heavy atom. The summed E-state index contributed by atoms with van der Waals surface area (Å²) < 4.78 is 5.82. The molecular weight excluding hydrogens is 284 g/mol. The van der Waals surface area contributed by atoms with E-state index in [9.17, 15) is 4.79 Å². The third-order valence-electron chi connectivity index (χ3n) is 2.31. The van der Waals surface area contributed by atoms with Gasteiger partial charge in [0.1, 0.15) is 11.7 Å². The van der Waals surface area contributed by atoms with Gasteiger partial charge >= 0.3 is 0 Å². The summed E-state index contributed by atoms with van der Waals surface area (Å²) in [6, 6.07) is 7.22. The highest BCUT2D eigenvalue weighted by molar-refractivity contribution is 9.10. The van der Waals surface area contributed by atoms with Crippen LogP contribution in [0.5, 0.6) is 5.75 Å². The Hall–Kier alpha value is -1.54. The number of benzene rings is 1. The van der Waals surface area contributed by atoms with Crippen LogP contribution >= 0.6 is 15.9 Å². The molecule has 1 atom stereocenters. The van der Waals surface area contributed by atoms with Crippen LogP contribution in [0.3, 0.4) is 0 Å². The summed E-state index contributed by atoms with van der Waals surface area (Å²) in [5.74, 6) is -0.287. The zero-order valence-corrected chi connectivity index (χ0v) is 11.2. The zero-order valence-electron chi connectivity index (χ0n) is 9.66. The number of halogens is 1. The van der Waals surface area contributed by atoms with Crippen molar-refractivity contribution in [2.45, 2.75) is 13.3 Å². The Balaban J connectivity index is 2.88. The molecule has 5 heteroatoms. The molecule has 0 aliphatic carbocycles. The molecule has 0 saturated heterocycles. The van der Waals surface area contributed by atoms with Crippen molar-refractivity contribution >= 4 is 27.5 Å². The van der Waals surface area contributed by atoms with Gasteiger partial charge in [-0.15, -0.1) is 0 Å². The second-order valence-corrected chi connectivity index (χ2v) is 4.28. The van der Waals surface area contributed by atoms with E-state index in [0.29, 0.717) is 17.9 Å². The largest absolute Gasteiger partial charge is 0.497 e. The molecule has 0 aliphatic rings. The van der Waals surface area contributed by atoms with Crippen LogP contribution in [-0.4, -0.2) is 13.0 Å². The van der Waals surface area contributed by atoms with Gasteiger partial charge in [-0.3, -0.25) is 4.79 Å². The maximum absolute atomic E-state index is 11.7. The van der Waals surface area contributed by atoms with Gasteiger partial charge in [0.15, 0.2) is 0 Å². The predicted molar refractivity (Wildman–Crippen MR) is 68.7 cm³/mol. The number of ether oxygens (including phenoxy) is 1. The van der Waals surface area contributed by atoms with Crippen LogP contribution in [-0.2, 0) is 4.79 Å². The number of carbonyl (C=O) groups excluding carboxylic acids is 1. The molecule has 1 aromatic rings. The molecule has 1 aromatic carbocycles. The van der Waals surface area contributed by atoms with Crippen LogP contribution < -0.4 is 10.1 Å². The van der Waals surface area contributed by atoms with Crippen LogP contribution in [0.15, 0.2) is 22.7 Å². The molecule has 90 valence electrons. The summed E-state index contributed by atoms with van der Waals surface area (Å²) in [5.41, 5.74) is 0.600. The summed E-state index contributed by atoms with van der Waals surface area (Å²) in [6.07, 6.45) is 0.490. The van der Waals surface area contributed by atoms with Crippen LogP contribution in [0, 0.1) is 17.2 Å². The number of anilines is 1. The average Bonchev–Trinajstić information content (AvgIpc) is 2.33. The van der Waals surface area contributed by atoms with E-state index >= 15 is 0 Å². The lowest BCUT2D eigenvalue weighted by Gasteiger charge is -2.11. The van der Waals surface area contributed by atoms with Gasteiger partial charge in [-0.1, -0.05) is 6.92 Å². The Bertz CT molecular complexity index is 454. The third kappa shape index (κ3) is 3.46. The maximum Gasteiger partial charge on any atom is 0.241 e. The maximum atomic E-state index is 11.7. The number of amides is 1. The first-order valence-electron chi connectivity index (χ1n) is 5.16. The van der Waals surface area contributed by atoms with Gasteiger partial charge < -0.3 is 10.1 Å². The highest BCUT2D eigenvalue weighted by atomic mass is 79.9.